The third-order valence-corrected chi connectivity index (χ3v) is 1.86. The van der Waals surface area contributed by atoms with Crippen molar-refractivity contribution >= 4 is 5.97 Å². The second-order valence-electron chi connectivity index (χ2n) is 2.87. The molecule has 0 aliphatic carbocycles. The number of aliphatic hydroxyl groups excluding tert-OH is 1. The topological polar surface area (TPSA) is 65.0 Å². The molecule has 0 amide bonds. The van der Waals surface area contributed by atoms with Crippen molar-refractivity contribution in [3.63, 3.8) is 0 Å². The van der Waals surface area contributed by atoms with Crippen LogP contribution in [-0.4, -0.2) is 50.2 Å². The van der Waals surface area contributed by atoms with E-state index in [1.807, 2.05) is 0 Å². The standard InChI is InChI=1S/C8H14O5/c1-11-8(10)2-6-4-13-7(3-9)5-12-6/h6-7,9H,2-5H2,1H3/t6-,7?/m0/s1. The molecule has 1 fully saturated rings. The first-order chi connectivity index (χ1) is 6.26. The van der Waals surface area contributed by atoms with Crippen molar-refractivity contribution in [1.29, 1.82) is 0 Å². The number of carbonyl (C=O) groups is 1. The lowest BCUT2D eigenvalue weighted by Crippen LogP contribution is -2.38. The molecular weight excluding hydrogens is 176 g/mol. The normalized spacial score (nSPS) is 28.5. The lowest BCUT2D eigenvalue weighted by Gasteiger charge is -2.27. The predicted molar refractivity (Wildman–Crippen MR) is 43.2 cm³/mol. The van der Waals surface area contributed by atoms with E-state index in [9.17, 15) is 4.79 Å². The van der Waals surface area contributed by atoms with Gasteiger partial charge in [-0.05, 0) is 0 Å². The van der Waals surface area contributed by atoms with Gasteiger partial charge >= 0.3 is 5.97 Å². The summed E-state index contributed by atoms with van der Waals surface area (Å²) in [4.78, 5) is 10.8. The van der Waals surface area contributed by atoms with Gasteiger partial charge in [-0.3, -0.25) is 4.79 Å². The van der Waals surface area contributed by atoms with E-state index in [4.69, 9.17) is 14.6 Å². The molecule has 0 aromatic heterocycles. The van der Waals surface area contributed by atoms with E-state index < -0.39 is 0 Å². The average molecular weight is 190 g/mol. The molecule has 0 bridgehead atoms. The molecule has 1 unspecified atom stereocenters. The van der Waals surface area contributed by atoms with Crippen molar-refractivity contribution in [3.8, 4) is 0 Å². The van der Waals surface area contributed by atoms with Crippen LogP contribution in [0.25, 0.3) is 0 Å². The van der Waals surface area contributed by atoms with Crippen LogP contribution in [0.2, 0.25) is 0 Å². The maximum atomic E-state index is 10.8. The first-order valence-corrected chi connectivity index (χ1v) is 4.17. The van der Waals surface area contributed by atoms with Gasteiger partial charge in [0.25, 0.3) is 0 Å². The molecule has 5 heteroatoms. The van der Waals surface area contributed by atoms with E-state index >= 15 is 0 Å². The molecule has 1 heterocycles. The van der Waals surface area contributed by atoms with Gasteiger partial charge < -0.3 is 19.3 Å². The van der Waals surface area contributed by atoms with Gasteiger partial charge in [-0.1, -0.05) is 0 Å². The smallest absolute Gasteiger partial charge is 0.308 e. The Morgan fingerprint density at radius 3 is 2.54 bits per heavy atom. The Bertz CT molecular complexity index is 162. The highest BCUT2D eigenvalue weighted by molar-refractivity contribution is 5.69. The summed E-state index contributed by atoms with van der Waals surface area (Å²) in [7, 11) is 1.34. The van der Waals surface area contributed by atoms with E-state index in [0.717, 1.165) is 0 Å². The van der Waals surface area contributed by atoms with Crippen LogP contribution in [0.4, 0.5) is 0 Å². The number of methoxy groups -OCH3 is 1. The summed E-state index contributed by atoms with van der Waals surface area (Å²) in [5.74, 6) is -0.309. The summed E-state index contributed by atoms with van der Waals surface area (Å²) in [5, 5.41) is 8.71. The Hall–Kier alpha value is -0.650. The number of hydrogen-bond acceptors (Lipinski definition) is 5. The molecule has 2 atom stereocenters. The largest absolute Gasteiger partial charge is 0.469 e. The molecule has 76 valence electrons. The van der Waals surface area contributed by atoms with E-state index in [1.165, 1.54) is 7.11 Å². The van der Waals surface area contributed by atoms with Crippen molar-refractivity contribution < 1.29 is 24.1 Å². The number of carbonyl (C=O) groups excluding carboxylic acids is 1. The van der Waals surface area contributed by atoms with Crippen molar-refractivity contribution in [3.05, 3.63) is 0 Å². The van der Waals surface area contributed by atoms with Crippen molar-refractivity contribution in [1.82, 2.24) is 0 Å². The zero-order chi connectivity index (χ0) is 9.68. The van der Waals surface area contributed by atoms with Crippen molar-refractivity contribution in [2.45, 2.75) is 18.6 Å². The van der Waals surface area contributed by atoms with E-state index in [0.29, 0.717) is 13.2 Å². The van der Waals surface area contributed by atoms with Crippen LogP contribution < -0.4 is 0 Å². The molecule has 0 spiro atoms. The van der Waals surface area contributed by atoms with Gasteiger partial charge in [0.1, 0.15) is 6.10 Å². The summed E-state index contributed by atoms with van der Waals surface area (Å²) >= 11 is 0. The van der Waals surface area contributed by atoms with Gasteiger partial charge in [-0.2, -0.15) is 0 Å². The number of ether oxygens (including phenoxy) is 3. The molecule has 13 heavy (non-hydrogen) atoms. The fraction of sp³-hybridized carbons (Fsp3) is 0.875. The highest BCUT2D eigenvalue weighted by Crippen LogP contribution is 2.10. The minimum absolute atomic E-state index is 0.0507. The highest BCUT2D eigenvalue weighted by Gasteiger charge is 2.23. The summed E-state index contributed by atoms with van der Waals surface area (Å²) in [6.07, 6.45) is -0.293. The molecule has 1 rings (SSSR count). The zero-order valence-electron chi connectivity index (χ0n) is 7.56. The summed E-state index contributed by atoms with van der Waals surface area (Å²) in [5.41, 5.74) is 0. The van der Waals surface area contributed by atoms with Crippen LogP contribution in [0.15, 0.2) is 0 Å². The van der Waals surface area contributed by atoms with Crippen molar-refractivity contribution in [2.24, 2.45) is 0 Å². The number of esters is 1. The maximum absolute atomic E-state index is 10.8. The Balaban J connectivity index is 2.21. The Labute approximate surface area is 76.6 Å². The third-order valence-electron chi connectivity index (χ3n) is 1.86. The van der Waals surface area contributed by atoms with Gasteiger partial charge in [-0.15, -0.1) is 0 Å². The lowest BCUT2D eigenvalue weighted by molar-refractivity contribution is -0.163. The monoisotopic (exact) mass is 190 g/mol. The maximum Gasteiger partial charge on any atom is 0.308 e. The summed E-state index contributed by atoms with van der Waals surface area (Å²) < 4.78 is 15.0. The summed E-state index contributed by atoms with van der Waals surface area (Å²) in [6.45, 7) is 0.615. The van der Waals surface area contributed by atoms with Gasteiger partial charge in [0.2, 0.25) is 0 Å². The predicted octanol–water partition coefficient (Wildman–Crippen LogP) is -0.674. The second kappa shape index (κ2) is 5.16. The molecule has 0 radical (unpaired) electrons. The molecule has 5 nitrogen and oxygen atoms in total. The van der Waals surface area contributed by atoms with Gasteiger partial charge in [0, 0.05) is 0 Å². The van der Waals surface area contributed by atoms with E-state index in [-0.39, 0.29) is 31.2 Å². The SMILES string of the molecule is COC(=O)C[C@H]1COC(CO)CO1. The molecule has 1 aliphatic heterocycles. The van der Waals surface area contributed by atoms with Crippen LogP contribution in [0.3, 0.4) is 0 Å². The molecule has 0 aromatic carbocycles. The Morgan fingerprint density at radius 2 is 2.08 bits per heavy atom. The molecule has 0 aromatic rings. The van der Waals surface area contributed by atoms with E-state index in [2.05, 4.69) is 4.74 Å². The number of hydrogen-bond donors (Lipinski definition) is 1. The molecular formula is C8H14O5. The van der Waals surface area contributed by atoms with Gasteiger partial charge in [0.05, 0.1) is 39.5 Å². The number of aliphatic hydroxyl groups is 1. The highest BCUT2D eigenvalue weighted by atomic mass is 16.6. The Morgan fingerprint density at radius 1 is 1.46 bits per heavy atom. The van der Waals surface area contributed by atoms with Crippen molar-refractivity contribution in [2.75, 3.05) is 26.9 Å². The third kappa shape index (κ3) is 3.30. The fourth-order valence-electron chi connectivity index (χ4n) is 1.08. The van der Waals surface area contributed by atoms with Crippen LogP contribution in [0, 0.1) is 0 Å². The molecule has 1 aliphatic rings. The minimum Gasteiger partial charge on any atom is -0.469 e. The molecule has 0 saturated carbocycles. The quantitative estimate of drug-likeness (QED) is 0.598. The first-order valence-electron chi connectivity index (χ1n) is 4.17. The van der Waals surface area contributed by atoms with Crippen LogP contribution in [0.1, 0.15) is 6.42 Å². The van der Waals surface area contributed by atoms with Gasteiger partial charge in [0.15, 0.2) is 0 Å². The van der Waals surface area contributed by atoms with E-state index in [1.54, 1.807) is 0 Å². The average Bonchev–Trinajstić information content (AvgIpc) is 2.19. The zero-order valence-corrected chi connectivity index (χ0v) is 7.56. The Kier molecular flexibility index (Phi) is 4.14. The van der Waals surface area contributed by atoms with Crippen LogP contribution >= 0.6 is 0 Å². The fourth-order valence-corrected chi connectivity index (χ4v) is 1.08. The van der Waals surface area contributed by atoms with Crippen LogP contribution in [-0.2, 0) is 19.0 Å². The number of rotatable bonds is 3. The molecule has 1 N–H and O–H groups in total. The lowest BCUT2D eigenvalue weighted by atomic mass is 10.2. The van der Waals surface area contributed by atoms with Crippen LogP contribution in [0.5, 0.6) is 0 Å². The van der Waals surface area contributed by atoms with Gasteiger partial charge in [-0.25, -0.2) is 0 Å². The first kappa shape index (κ1) is 10.4. The second-order valence-corrected chi connectivity index (χ2v) is 2.87. The minimum atomic E-state index is -0.309. The summed E-state index contributed by atoms with van der Waals surface area (Å²) in [6, 6.07) is 0. The molecule has 1 saturated heterocycles.